The number of hydrogen-bond donors (Lipinski definition) is 1. The van der Waals surface area contributed by atoms with Gasteiger partial charge in [-0.3, -0.25) is 9.59 Å². The highest BCUT2D eigenvalue weighted by molar-refractivity contribution is 5.93. The SMILES string of the molecule is CN(C)C(=O)COc1ccc(NC(=O)C2CCCN(c3ncccc3C(F)(F)F)C2)cc1. The Morgan fingerprint density at radius 3 is 2.59 bits per heavy atom. The number of pyridine rings is 1. The van der Waals surface area contributed by atoms with E-state index in [4.69, 9.17) is 4.74 Å². The van der Waals surface area contributed by atoms with Gasteiger partial charge >= 0.3 is 6.18 Å². The number of halogens is 3. The van der Waals surface area contributed by atoms with Crippen LogP contribution in [0.3, 0.4) is 0 Å². The van der Waals surface area contributed by atoms with Crippen LogP contribution in [0.5, 0.6) is 5.75 Å². The summed E-state index contributed by atoms with van der Waals surface area (Å²) in [6, 6.07) is 8.82. The van der Waals surface area contributed by atoms with E-state index in [1.165, 1.54) is 22.1 Å². The largest absolute Gasteiger partial charge is 0.484 e. The molecule has 0 radical (unpaired) electrons. The maximum absolute atomic E-state index is 13.3. The first-order valence-corrected chi connectivity index (χ1v) is 10.2. The van der Waals surface area contributed by atoms with Crippen LogP contribution in [0.15, 0.2) is 42.6 Å². The minimum Gasteiger partial charge on any atom is -0.484 e. The van der Waals surface area contributed by atoms with Gasteiger partial charge in [0.25, 0.3) is 5.91 Å². The second-order valence-corrected chi connectivity index (χ2v) is 7.75. The number of nitrogens with one attached hydrogen (secondary N) is 1. The molecule has 0 aliphatic carbocycles. The van der Waals surface area contributed by atoms with Gasteiger partial charge in [0.15, 0.2) is 6.61 Å². The molecule has 1 unspecified atom stereocenters. The van der Waals surface area contributed by atoms with Crippen molar-refractivity contribution in [1.82, 2.24) is 9.88 Å². The molecule has 10 heteroatoms. The molecule has 0 saturated carbocycles. The van der Waals surface area contributed by atoms with Crippen molar-refractivity contribution in [1.29, 1.82) is 0 Å². The molecule has 1 atom stereocenters. The van der Waals surface area contributed by atoms with Crippen LogP contribution in [0.4, 0.5) is 24.7 Å². The lowest BCUT2D eigenvalue weighted by molar-refractivity contribution is -0.137. The molecular weight excluding hydrogens is 425 g/mol. The number of hydrogen-bond acceptors (Lipinski definition) is 5. The molecule has 1 aromatic carbocycles. The smallest absolute Gasteiger partial charge is 0.419 e. The third kappa shape index (κ3) is 5.89. The van der Waals surface area contributed by atoms with E-state index in [9.17, 15) is 22.8 Å². The number of piperidine rings is 1. The van der Waals surface area contributed by atoms with Gasteiger partial charge in [0.2, 0.25) is 5.91 Å². The molecular formula is C22H25F3N4O3. The number of likely N-dealkylation sites (N-methyl/N-ethyl adjacent to an activating group) is 1. The summed E-state index contributed by atoms with van der Waals surface area (Å²) in [7, 11) is 3.27. The zero-order chi connectivity index (χ0) is 23.3. The summed E-state index contributed by atoms with van der Waals surface area (Å²) in [5, 5.41) is 2.80. The molecule has 32 heavy (non-hydrogen) atoms. The Labute approximate surface area is 184 Å². The fourth-order valence-electron chi connectivity index (χ4n) is 3.41. The third-order valence-corrected chi connectivity index (χ3v) is 5.17. The van der Waals surface area contributed by atoms with Crippen molar-refractivity contribution in [2.45, 2.75) is 19.0 Å². The molecule has 1 N–H and O–H groups in total. The van der Waals surface area contributed by atoms with Crippen LogP contribution >= 0.6 is 0 Å². The number of benzene rings is 1. The molecule has 7 nitrogen and oxygen atoms in total. The number of aromatic nitrogens is 1. The average Bonchev–Trinajstić information content (AvgIpc) is 2.77. The van der Waals surface area contributed by atoms with Gasteiger partial charge in [-0.15, -0.1) is 0 Å². The molecule has 0 bridgehead atoms. The first-order valence-electron chi connectivity index (χ1n) is 10.2. The van der Waals surface area contributed by atoms with E-state index in [1.807, 2.05) is 0 Å². The van der Waals surface area contributed by atoms with Gasteiger partial charge in [0, 0.05) is 39.1 Å². The summed E-state index contributed by atoms with van der Waals surface area (Å²) in [6.45, 7) is 0.464. The second-order valence-electron chi connectivity index (χ2n) is 7.75. The van der Waals surface area contributed by atoms with Gasteiger partial charge in [0.1, 0.15) is 11.6 Å². The fraction of sp³-hybridized carbons (Fsp3) is 0.409. The number of amides is 2. The van der Waals surface area contributed by atoms with Crippen LogP contribution in [-0.2, 0) is 15.8 Å². The number of anilines is 2. The highest BCUT2D eigenvalue weighted by Gasteiger charge is 2.37. The predicted octanol–water partition coefficient (Wildman–Crippen LogP) is 3.42. The first-order chi connectivity index (χ1) is 15.1. The zero-order valence-electron chi connectivity index (χ0n) is 17.9. The Kier molecular flexibility index (Phi) is 7.22. The van der Waals surface area contributed by atoms with Gasteiger partial charge in [-0.2, -0.15) is 13.2 Å². The predicted molar refractivity (Wildman–Crippen MR) is 113 cm³/mol. The van der Waals surface area contributed by atoms with Crippen molar-refractivity contribution in [3.63, 3.8) is 0 Å². The number of alkyl halides is 3. The van der Waals surface area contributed by atoms with E-state index >= 15 is 0 Å². The standard InChI is InChI=1S/C22H25F3N4O3/c1-28(2)19(30)14-32-17-9-7-16(8-10-17)27-21(31)15-5-4-12-29(13-15)20-18(22(23,24)25)6-3-11-26-20/h3,6-11,15H,4-5,12-14H2,1-2H3,(H,27,31). The Hall–Kier alpha value is -3.30. The summed E-state index contributed by atoms with van der Waals surface area (Å²) in [5.41, 5.74) is -0.267. The van der Waals surface area contributed by atoms with Crippen molar-refractivity contribution in [2.24, 2.45) is 5.92 Å². The number of carbonyl (C=O) groups is 2. The van der Waals surface area contributed by atoms with Crippen LogP contribution in [0.1, 0.15) is 18.4 Å². The molecule has 2 amide bonds. The molecule has 2 heterocycles. The van der Waals surface area contributed by atoms with Gasteiger partial charge in [-0.1, -0.05) is 0 Å². The number of rotatable bonds is 6. The van der Waals surface area contributed by atoms with E-state index in [2.05, 4.69) is 10.3 Å². The minimum atomic E-state index is -4.51. The second kappa shape index (κ2) is 9.88. The summed E-state index contributed by atoms with van der Waals surface area (Å²) in [4.78, 5) is 31.2. The van der Waals surface area contributed by atoms with Gasteiger partial charge in [-0.05, 0) is 49.2 Å². The number of nitrogens with zero attached hydrogens (tertiary/aromatic N) is 3. The summed E-state index contributed by atoms with van der Waals surface area (Å²) >= 11 is 0. The Balaban J connectivity index is 1.61. The number of ether oxygens (including phenoxy) is 1. The maximum Gasteiger partial charge on any atom is 0.419 e. The van der Waals surface area contributed by atoms with Crippen molar-refractivity contribution in [3.05, 3.63) is 48.2 Å². The van der Waals surface area contributed by atoms with Crippen LogP contribution in [0, 0.1) is 5.92 Å². The first kappa shape index (κ1) is 23.4. The molecule has 3 rings (SSSR count). The lowest BCUT2D eigenvalue weighted by Gasteiger charge is -2.34. The molecule has 172 valence electrons. The van der Waals surface area contributed by atoms with E-state index < -0.39 is 17.7 Å². The lowest BCUT2D eigenvalue weighted by atomic mass is 9.96. The molecule has 0 spiro atoms. The number of carbonyl (C=O) groups excluding carboxylic acids is 2. The molecule has 1 saturated heterocycles. The fourth-order valence-corrected chi connectivity index (χ4v) is 3.41. The lowest BCUT2D eigenvalue weighted by Crippen LogP contribution is -2.42. The summed E-state index contributed by atoms with van der Waals surface area (Å²) < 4.78 is 45.4. The van der Waals surface area contributed by atoms with Crippen LogP contribution in [0.2, 0.25) is 0 Å². The van der Waals surface area contributed by atoms with Crippen LogP contribution in [0.25, 0.3) is 0 Å². The average molecular weight is 450 g/mol. The van der Waals surface area contributed by atoms with E-state index in [0.717, 1.165) is 6.07 Å². The molecule has 1 aliphatic rings. The van der Waals surface area contributed by atoms with E-state index in [-0.39, 0.29) is 30.8 Å². The van der Waals surface area contributed by atoms with Crippen molar-refractivity contribution >= 4 is 23.3 Å². The topological polar surface area (TPSA) is 74.8 Å². The Morgan fingerprint density at radius 2 is 1.94 bits per heavy atom. The molecule has 1 aromatic heterocycles. The van der Waals surface area contributed by atoms with E-state index in [1.54, 1.807) is 38.4 Å². The maximum atomic E-state index is 13.3. The third-order valence-electron chi connectivity index (χ3n) is 5.17. The molecule has 2 aromatic rings. The van der Waals surface area contributed by atoms with Gasteiger partial charge in [0.05, 0.1) is 11.5 Å². The van der Waals surface area contributed by atoms with Crippen LogP contribution < -0.4 is 15.0 Å². The quantitative estimate of drug-likeness (QED) is 0.730. The van der Waals surface area contributed by atoms with Crippen molar-refractivity contribution < 1.29 is 27.5 Å². The monoisotopic (exact) mass is 450 g/mol. The van der Waals surface area contributed by atoms with Crippen molar-refractivity contribution in [2.75, 3.05) is 44.0 Å². The molecule has 1 aliphatic heterocycles. The van der Waals surface area contributed by atoms with Crippen molar-refractivity contribution in [3.8, 4) is 5.75 Å². The highest BCUT2D eigenvalue weighted by Crippen LogP contribution is 2.36. The normalized spacial score (nSPS) is 16.4. The Bertz CT molecular complexity index is 948. The van der Waals surface area contributed by atoms with E-state index in [0.29, 0.717) is 30.8 Å². The minimum absolute atomic E-state index is 0.0932. The summed E-state index contributed by atoms with van der Waals surface area (Å²) in [5.74, 6) is -0.579. The molecule has 1 fully saturated rings. The van der Waals surface area contributed by atoms with Crippen LogP contribution in [-0.4, -0.2) is 55.5 Å². The Morgan fingerprint density at radius 1 is 1.22 bits per heavy atom. The van der Waals surface area contributed by atoms with Gasteiger partial charge < -0.3 is 19.9 Å². The summed E-state index contributed by atoms with van der Waals surface area (Å²) in [6.07, 6.45) is -2.03. The zero-order valence-corrected chi connectivity index (χ0v) is 17.9. The highest BCUT2D eigenvalue weighted by atomic mass is 19.4. The van der Waals surface area contributed by atoms with Gasteiger partial charge in [-0.25, -0.2) is 4.98 Å².